The third-order valence-corrected chi connectivity index (χ3v) is 8.94. The molecule has 12 nitrogen and oxygen atoms in total. The molecule has 0 aliphatic rings. The van der Waals surface area contributed by atoms with Crippen molar-refractivity contribution in [3.8, 4) is 0 Å². The van der Waals surface area contributed by atoms with Gasteiger partial charge in [-0.15, -0.1) is 0 Å². The molecule has 4 atom stereocenters. The Morgan fingerprint density at radius 2 is 1.38 bits per heavy atom. The van der Waals surface area contributed by atoms with Gasteiger partial charge in [-0.05, 0) is 69.2 Å². The molecule has 266 valence electrons. The van der Waals surface area contributed by atoms with Crippen LogP contribution in [0.25, 0.3) is 0 Å². The normalized spacial score (nSPS) is 14.2. The molecule has 48 heavy (non-hydrogen) atoms. The predicted octanol–water partition coefficient (Wildman–Crippen LogP) is 3.58. The number of carbonyl (C=O) groups excluding carboxylic acids is 4. The molecule has 6 N–H and O–H groups in total. The highest BCUT2D eigenvalue weighted by Gasteiger charge is 2.30. The molecule has 4 amide bonds. The number of amides is 4. The minimum Gasteiger partial charge on any atom is -0.391 e. The molecule has 4 unspecified atom stereocenters. The molecule has 2 aromatic carbocycles. The number of anilines is 1. The summed E-state index contributed by atoms with van der Waals surface area (Å²) in [5.41, 5.74) is 0.985. The van der Waals surface area contributed by atoms with Gasteiger partial charge in [0.05, 0.1) is 23.6 Å². The second-order valence-electron chi connectivity index (χ2n) is 13.3. The van der Waals surface area contributed by atoms with Crippen LogP contribution in [-0.2, 0) is 26.2 Å². The first-order valence-corrected chi connectivity index (χ1v) is 18.1. The van der Waals surface area contributed by atoms with Crippen LogP contribution in [0.5, 0.6) is 0 Å². The second kappa shape index (κ2) is 18.5. The summed E-state index contributed by atoms with van der Waals surface area (Å²) >= 11 is 0. The Labute approximate surface area is 285 Å². The average Bonchev–Trinajstić information content (AvgIpc) is 3.01. The topological polar surface area (TPSA) is 183 Å². The molecule has 0 saturated heterocycles. The van der Waals surface area contributed by atoms with Gasteiger partial charge < -0.3 is 26.4 Å². The first-order chi connectivity index (χ1) is 22.4. The third kappa shape index (κ3) is 13.3. The van der Waals surface area contributed by atoms with E-state index < -0.39 is 51.9 Å². The van der Waals surface area contributed by atoms with Crippen molar-refractivity contribution in [1.82, 2.24) is 21.3 Å². The minimum atomic E-state index is -3.73. The lowest BCUT2D eigenvalue weighted by Gasteiger charge is -2.29. The summed E-state index contributed by atoms with van der Waals surface area (Å²) in [6, 6.07) is 11.7. The summed E-state index contributed by atoms with van der Waals surface area (Å²) in [5.74, 6) is -2.84. The number of sulfonamides is 1. The zero-order valence-corrected chi connectivity index (χ0v) is 30.1. The number of aliphatic hydroxyl groups is 1. The fraction of sp³-hybridized carbons (Fsp3) is 0.543. The first-order valence-electron chi connectivity index (χ1n) is 16.5. The lowest BCUT2D eigenvalue weighted by molar-refractivity contribution is -0.132. The lowest BCUT2D eigenvalue weighted by Crippen LogP contribution is -2.53. The number of nitrogens with one attached hydrogen (secondary N) is 5. The van der Waals surface area contributed by atoms with Crippen molar-refractivity contribution in [2.24, 2.45) is 17.8 Å². The van der Waals surface area contributed by atoms with Crippen LogP contribution in [0.15, 0.2) is 48.5 Å². The van der Waals surface area contributed by atoms with E-state index in [1.165, 1.54) is 25.1 Å². The van der Waals surface area contributed by atoms with E-state index in [1.54, 1.807) is 6.92 Å². The van der Waals surface area contributed by atoms with Crippen LogP contribution in [0.1, 0.15) is 94.5 Å². The molecule has 2 aromatic rings. The highest BCUT2D eigenvalue weighted by Crippen LogP contribution is 2.20. The molecule has 0 fully saturated rings. The van der Waals surface area contributed by atoms with Crippen molar-refractivity contribution in [2.75, 3.05) is 10.5 Å². The molecule has 0 spiro atoms. The van der Waals surface area contributed by atoms with Gasteiger partial charge in [-0.3, -0.25) is 23.9 Å². The number of hydrogen-bond donors (Lipinski definition) is 6. The molecule has 0 bridgehead atoms. The fourth-order valence-corrected chi connectivity index (χ4v) is 5.61. The largest absolute Gasteiger partial charge is 0.391 e. The van der Waals surface area contributed by atoms with Crippen molar-refractivity contribution in [3.63, 3.8) is 0 Å². The second-order valence-corrected chi connectivity index (χ2v) is 15.3. The van der Waals surface area contributed by atoms with Gasteiger partial charge >= 0.3 is 0 Å². The number of rotatable bonds is 18. The molecule has 0 aromatic heterocycles. The van der Waals surface area contributed by atoms with Crippen molar-refractivity contribution < 1.29 is 32.7 Å². The van der Waals surface area contributed by atoms with E-state index >= 15 is 0 Å². The van der Waals surface area contributed by atoms with Crippen LogP contribution >= 0.6 is 0 Å². The summed E-state index contributed by atoms with van der Waals surface area (Å²) in [6.07, 6.45) is -0.752. The molecule has 13 heteroatoms. The maximum Gasteiger partial charge on any atom is 0.251 e. The standard InChI is InChI=1S/C35H53N5O7S/c1-9-48(46,47)40-28-18-26(33(43)36-20-25-13-11-10-12-14-25)17-27(19-28)34(44)38-29(15-21(2)3)30(41)16-24(8)32(42)39-31(22(4)5)35(45)37-23(6)7/h10-14,17-19,21-24,29-31,40-41H,9,15-16,20H2,1-8H3,(H,36,43)(H,37,45)(H,38,44)(H,39,42). The van der Waals surface area contributed by atoms with Crippen molar-refractivity contribution >= 4 is 39.3 Å². The SMILES string of the molecule is CCS(=O)(=O)Nc1cc(C(=O)NCc2ccccc2)cc(C(=O)NC(CC(C)C)C(O)CC(C)C(=O)NC(C(=O)NC(C)C)C(C)C)c1. The summed E-state index contributed by atoms with van der Waals surface area (Å²) in [5, 5.41) is 22.5. The smallest absolute Gasteiger partial charge is 0.251 e. The van der Waals surface area contributed by atoms with Crippen LogP contribution in [0.2, 0.25) is 0 Å². The van der Waals surface area contributed by atoms with E-state index in [9.17, 15) is 32.7 Å². The van der Waals surface area contributed by atoms with Crippen LogP contribution in [0.4, 0.5) is 5.69 Å². The van der Waals surface area contributed by atoms with Crippen LogP contribution < -0.4 is 26.0 Å². The van der Waals surface area contributed by atoms with Gasteiger partial charge in [0.2, 0.25) is 21.8 Å². The van der Waals surface area contributed by atoms with E-state index in [2.05, 4.69) is 26.0 Å². The predicted molar refractivity (Wildman–Crippen MR) is 188 cm³/mol. The maximum atomic E-state index is 13.6. The molecule has 0 heterocycles. The Bertz CT molecular complexity index is 1500. The molecule has 0 aliphatic carbocycles. The third-order valence-electron chi connectivity index (χ3n) is 7.63. The average molecular weight is 688 g/mol. The van der Waals surface area contributed by atoms with Crippen LogP contribution in [0.3, 0.4) is 0 Å². The fourth-order valence-electron chi connectivity index (χ4n) is 4.99. The quantitative estimate of drug-likeness (QED) is 0.138. The van der Waals surface area contributed by atoms with Crippen LogP contribution in [-0.4, -0.2) is 67.1 Å². The number of benzene rings is 2. The Kier molecular flexibility index (Phi) is 15.5. The molecular weight excluding hydrogens is 634 g/mol. The summed E-state index contributed by atoms with van der Waals surface area (Å²) in [4.78, 5) is 52.5. The summed E-state index contributed by atoms with van der Waals surface area (Å²) < 4.78 is 27.2. The number of aliphatic hydroxyl groups excluding tert-OH is 1. The van der Waals surface area contributed by atoms with Crippen molar-refractivity contribution in [2.45, 2.75) is 99.0 Å². The molecule has 0 saturated carbocycles. The Balaban J connectivity index is 2.28. The van der Waals surface area contributed by atoms with Crippen molar-refractivity contribution in [3.05, 3.63) is 65.2 Å². The Morgan fingerprint density at radius 1 is 0.771 bits per heavy atom. The van der Waals surface area contributed by atoms with Gasteiger partial charge in [-0.25, -0.2) is 8.42 Å². The number of carbonyl (C=O) groups is 4. The Morgan fingerprint density at radius 3 is 1.92 bits per heavy atom. The van der Waals surface area contributed by atoms with E-state index in [0.717, 1.165) is 5.56 Å². The van der Waals surface area contributed by atoms with Gasteiger partial charge in [-0.2, -0.15) is 0 Å². The van der Waals surface area contributed by atoms with E-state index in [4.69, 9.17) is 0 Å². The van der Waals surface area contributed by atoms with Gasteiger partial charge in [0.15, 0.2) is 0 Å². The summed E-state index contributed by atoms with van der Waals surface area (Å²) in [6.45, 7) is 14.5. The Hall–Kier alpha value is -3.97. The highest BCUT2D eigenvalue weighted by atomic mass is 32.2. The van der Waals surface area contributed by atoms with E-state index in [-0.39, 0.29) is 59.3 Å². The molecule has 0 aliphatic heterocycles. The lowest BCUT2D eigenvalue weighted by atomic mass is 9.91. The first kappa shape index (κ1) is 40.2. The van der Waals surface area contributed by atoms with Gasteiger partial charge in [0, 0.05) is 29.6 Å². The molecular formula is C35H53N5O7S. The maximum absolute atomic E-state index is 13.6. The van der Waals surface area contributed by atoms with E-state index in [0.29, 0.717) is 6.42 Å². The molecule has 0 radical (unpaired) electrons. The van der Waals surface area contributed by atoms with Crippen LogP contribution in [0, 0.1) is 17.8 Å². The summed E-state index contributed by atoms with van der Waals surface area (Å²) in [7, 11) is -3.73. The van der Waals surface area contributed by atoms with E-state index in [1.807, 2.05) is 71.9 Å². The van der Waals surface area contributed by atoms with Gasteiger partial charge in [0.25, 0.3) is 11.8 Å². The van der Waals surface area contributed by atoms with Gasteiger partial charge in [0.1, 0.15) is 6.04 Å². The monoisotopic (exact) mass is 687 g/mol. The number of hydrogen-bond acceptors (Lipinski definition) is 7. The zero-order chi connectivity index (χ0) is 36.2. The van der Waals surface area contributed by atoms with Gasteiger partial charge in [-0.1, -0.05) is 65.0 Å². The van der Waals surface area contributed by atoms with Crippen molar-refractivity contribution in [1.29, 1.82) is 0 Å². The highest BCUT2D eigenvalue weighted by molar-refractivity contribution is 7.92. The molecule has 2 rings (SSSR count). The zero-order valence-electron chi connectivity index (χ0n) is 29.3. The minimum absolute atomic E-state index is 0.00357.